The fourth-order valence-corrected chi connectivity index (χ4v) is 2.38. The van der Waals surface area contributed by atoms with E-state index in [0.717, 1.165) is 24.9 Å². The Kier molecular flexibility index (Phi) is 4.11. The van der Waals surface area contributed by atoms with Gasteiger partial charge in [-0.15, -0.1) is 0 Å². The van der Waals surface area contributed by atoms with E-state index in [0.29, 0.717) is 6.54 Å². The molecular weight excluding hydrogens is 248 g/mol. The molecule has 1 saturated heterocycles. The minimum atomic E-state index is -0.420. The van der Waals surface area contributed by atoms with Gasteiger partial charge in [-0.3, -0.25) is 19.8 Å². The van der Waals surface area contributed by atoms with Crippen LogP contribution in [-0.4, -0.2) is 35.5 Å². The van der Waals surface area contributed by atoms with E-state index in [4.69, 9.17) is 4.74 Å². The first-order valence-corrected chi connectivity index (χ1v) is 6.17. The molecule has 0 N–H and O–H groups in total. The maximum atomic E-state index is 11.6. The van der Waals surface area contributed by atoms with Crippen molar-refractivity contribution in [1.29, 1.82) is 0 Å². The predicted molar refractivity (Wildman–Crippen MR) is 68.5 cm³/mol. The molecule has 0 bridgehead atoms. The number of likely N-dealkylation sites (tertiary alicyclic amines) is 1. The van der Waals surface area contributed by atoms with Gasteiger partial charge in [-0.05, 0) is 24.9 Å². The van der Waals surface area contributed by atoms with Crippen LogP contribution in [0.15, 0.2) is 24.3 Å². The molecule has 1 aromatic rings. The summed E-state index contributed by atoms with van der Waals surface area (Å²) in [6.45, 7) is 1.45. The van der Waals surface area contributed by atoms with Gasteiger partial charge in [0.2, 0.25) is 0 Å². The van der Waals surface area contributed by atoms with Crippen molar-refractivity contribution in [2.45, 2.75) is 25.4 Å². The maximum absolute atomic E-state index is 11.6. The van der Waals surface area contributed by atoms with E-state index in [1.807, 2.05) is 4.90 Å². The molecule has 0 aromatic heterocycles. The van der Waals surface area contributed by atoms with Crippen LogP contribution in [0, 0.1) is 10.1 Å². The van der Waals surface area contributed by atoms with Crippen LogP contribution in [0.4, 0.5) is 5.69 Å². The Hall–Kier alpha value is -1.95. The zero-order valence-corrected chi connectivity index (χ0v) is 10.7. The van der Waals surface area contributed by atoms with Gasteiger partial charge in [0.1, 0.15) is 6.04 Å². The molecule has 0 saturated carbocycles. The molecule has 0 aliphatic carbocycles. The van der Waals surface area contributed by atoms with E-state index in [1.54, 1.807) is 12.1 Å². The average molecular weight is 264 g/mol. The average Bonchev–Trinajstić information content (AvgIpc) is 2.86. The second-order valence-corrected chi connectivity index (χ2v) is 4.58. The number of esters is 1. The van der Waals surface area contributed by atoms with Gasteiger partial charge in [-0.2, -0.15) is 0 Å². The maximum Gasteiger partial charge on any atom is 0.323 e. The standard InChI is InChI=1S/C13H16N2O4/c1-19-13(16)12-3-2-8-14(12)9-10-4-6-11(7-5-10)15(17)18/h4-7,12H,2-3,8-9H2,1H3/t12-/m0/s1. The summed E-state index contributed by atoms with van der Waals surface area (Å²) in [5.41, 5.74) is 1.04. The van der Waals surface area contributed by atoms with Gasteiger partial charge in [0, 0.05) is 18.7 Å². The molecule has 1 aliphatic heterocycles. The van der Waals surface area contributed by atoms with E-state index in [2.05, 4.69) is 0 Å². The normalized spacial score (nSPS) is 19.3. The van der Waals surface area contributed by atoms with Crippen LogP contribution >= 0.6 is 0 Å². The number of ether oxygens (including phenoxy) is 1. The van der Waals surface area contributed by atoms with Gasteiger partial charge in [-0.1, -0.05) is 12.1 Å². The molecule has 0 unspecified atom stereocenters. The Labute approximate surface area is 111 Å². The number of nitro benzene ring substituents is 1. The highest BCUT2D eigenvalue weighted by Crippen LogP contribution is 2.22. The molecule has 6 heteroatoms. The van der Waals surface area contributed by atoms with Gasteiger partial charge in [0.05, 0.1) is 12.0 Å². The zero-order valence-electron chi connectivity index (χ0n) is 10.7. The molecule has 0 spiro atoms. The lowest BCUT2D eigenvalue weighted by atomic mass is 10.1. The molecule has 1 heterocycles. The van der Waals surface area contributed by atoms with Crippen molar-refractivity contribution in [3.05, 3.63) is 39.9 Å². The smallest absolute Gasteiger partial charge is 0.323 e. The summed E-state index contributed by atoms with van der Waals surface area (Å²) in [5.74, 6) is -0.209. The molecule has 6 nitrogen and oxygen atoms in total. The molecular formula is C13H16N2O4. The Bertz CT molecular complexity index is 472. The van der Waals surface area contributed by atoms with Crippen LogP contribution in [0.1, 0.15) is 18.4 Å². The monoisotopic (exact) mass is 264 g/mol. The van der Waals surface area contributed by atoms with Crippen LogP contribution in [-0.2, 0) is 16.1 Å². The van der Waals surface area contributed by atoms with Crippen LogP contribution in [0.5, 0.6) is 0 Å². The highest BCUT2D eigenvalue weighted by atomic mass is 16.6. The van der Waals surface area contributed by atoms with Crippen LogP contribution in [0.3, 0.4) is 0 Å². The lowest BCUT2D eigenvalue weighted by Crippen LogP contribution is -2.36. The van der Waals surface area contributed by atoms with E-state index in [9.17, 15) is 14.9 Å². The third-order valence-electron chi connectivity index (χ3n) is 3.37. The number of benzene rings is 1. The first kappa shape index (κ1) is 13.5. The molecule has 1 aromatic carbocycles. The molecule has 0 radical (unpaired) electrons. The summed E-state index contributed by atoms with van der Waals surface area (Å²) in [7, 11) is 1.39. The topological polar surface area (TPSA) is 72.7 Å². The minimum Gasteiger partial charge on any atom is -0.468 e. The Balaban J connectivity index is 2.04. The van der Waals surface area contributed by atoms with Crippen LogP contribution in [0.25, 0.3) is 0 Å². The highest BCUT2D eigenvalue weighted by Gasteiger charge is 2.31. The molecule has 1 fully saturated rings. The third kappa shape index (κ3) is 3.08. The van der Waals surface area contributed by atoms with Gasteiger partial charge < -0.3 is 4.74 Å². The summed E-state index contributed by atoms with van der Waals surface area (Å²) in [6, 6.07) is 6.23. The number of nitro groups is 1. The molecule has 1 aliphatic rings. The quantitative estimate of drug-likeness (QED) is 0.470. The number of carbonyl (C=O) groups is 1. The summed E-state index contributed by atoms with van der Waals surface area (Å²) in [5, 5.41) is 10.6. The molecule has 19 heavy (non-hydrogen) atoms. The number of carbonyl (C=O) groups excluding carboxylic acids is 1. The van der Waals surface area contributed by atoms with Crippen molar-refractivity contribution in [3.8, 4) is 0 Å². The van der Waals surface area contributed by atoms with E-state index in [-0.39, 0.29) is 17.7 Å². The first-order valence-electron chi connectivity index (χ1n) is 6.17. The summed E-state index contributed by atoms with van der Waals surface area (Å²) in [4.78, 5) is 23.8. The van der Waals surface area contributed by atoms with Gasteiger partial charge >= 0.3 is 5.97 Å². The van der Waals surface area contributed by atoms with Crippen molar-refractivity contribution in [2.24, 2.45) is 0 Å². The van der Waals surface area contributed by atoms with Crippen molar-refractivity contribution >= 4 is 11.7 Å². The number of hydrogen-bond acceptors (Lipinski definition) is 5. The van der Waals surface area contributed by atoms with Crippen molar-refractivity contribution < 1.29 is 14.5 Å². The lowest BCUT2D eigenvalue weighted by molar-refractivity contribution is -0.384. The Morgan fingerprint density at radius 1 is 1.47 bits per heavy atom. The SMILES string of the molecule is COC(=O)[C@@H]1CCCN1Cc1ccc([N+](=O)[O-])cc1. The first-order chi connectivity index (χ1) is 9.11. The Morgan fingerprint density at radius 2 is 2.16 bits per heavy atom. The second-order valence-electron chi connectivity index (χ2n) is 4.58. The summed E-state index contributed by atoms with van der Waals surface area (Å²) >= 11 is 0. The molecule has 2 rings (SSSR count). The fourth-order valence-electron chi connectivity index (χ4n) is 2.38. The largest absolute Gasteiger partial charge is 0.468 e. The minimum absolute atomic E-state index is 0.0784. The van der Waals surface area contributed by atoms with Crippen LogP contribution in [0.2, 0.25) is 0 Å². The Morgan fingerprint density at radius 3 is 2.74 bits per heavy atom. The van der Waals surface area contributed by atoms with Crippen molar-refractivity contribution in [1.82, 2.24) is 4.90 Å². The molecule has 1 atom stereocenters. The van der Waals surface area contributed by atoms with E-state index >= 15 is 0 Å². The fraction of sp³-hybridized carbons (Fsp3) is 0.462. The summed E-state index contributed by atoms with van der Waals surface area (Å²) in [6.07, 6.45) is 1.77. The predicted octanol–water partition coefficient (Wildman–Crippen LogP) is 1.73. The third-order valence-corrected chi connectivity index (χ3v) is 3.37. The number of methoxy groups -OCH3 is 1. The molecule has 102 valence electrons. The van der Waals surface area contributed by atoms with Gasteiger partial charge in [0.15, 0.2) is 0 Å². The number of hydrogen-bond donors (Lipinski definition) is 0. The number of rotatable bonds is 4. The van der Waals surface area contributed by atoms with Gasteiger partial charge in [0.25, 0.3) is 5.69 Å². The van der Waals surface area contributed by atoms with E-state index in [1.165, 1.54) is 19.2 Å². The van der Waals surface area contributed by atoms with Crippen molar-refractivity contribution in [2.75, 3.05) is 13.7 Å². The summed E-state index contributed by atoms with van der Waals surface area (Å²) < 4.78 is 4.78. The highest BCUT2D eigenvalue weighted by molar-refractivity contribution is 5.75. The van der Waals surface area contributed by atoms with E-state index < -0.39 is 4.92 Å². The zero-order chi connectivity index (χ0) is 13.8. The number of nitrogens with zero attached hydrogens (tertiary/aromatic N) is 2. The lowest BCUT2D eigenvalue weighted by Gasteiger charge is -2.22. The number of non-ortho nitro benzene ring substituents is 1. The van der Waals surface area contributed by atoms with Crippen molar-refractivity contribution in [3.63, 3.8) is 0 Å². The second kappa shape index (κ2) is 5.79. The van der Waals surface area contributed by atoms with Crippen LogP contribution < -0.4 is 0 Å². The van der Waals surface area contributed by atoms with Gasteiger partial charge in [-0.25, -0.2) is 0 Å². The molecule has 0 amide bonds.